The molecule has 3 heterocycles. The summed E-state index contributed by atoms with van der Waals surface area (Å²) >= 11 is 1.66. The first-order valence-electron chi connectivity index (χ1n) is 7.72. The van der Waals surface area contributed by atoms with Gasteiger partial charge in [0.2, 0.25) is 5.91 Å². The third-order valence-electron chi connectivity index (χ3n) is 4.01. The maximum atomic E-state index is 12.2. The van der Waals surface area contributed by atoms with Crippen LogP contribution in [-0.2, 0) is 11.8 Å². The van der Waals surface area contributed by atoms with E-state index in [0.29, 0.717) is 12.6 Å². The summed E-state index contributed by atoms with van der Waals surface area (Å²) < 4.78 is 1.69. The minimum atomic E-state index is 0.00268. The van der Waals surface area contributed by atoms with Gasteiger partial charge in [-0.1, -0.05) is 0 Å². The summed E-state index contributed by atoms with van der Waals surface area (Å²) in [7, 11) is 1.83. The zero-order chi connectivity index (χ0) is 16.4. The van der Waals surface area contributed by atoms with Crippen molar-refractivity contribution in [2.24, 2.45) is 7.05 Å². The minimum Gasteiger partial charge on any atom is -0.343 e. The molecule has 0 spiro atoms. The predicted molar refractivity (Wildman–Crippen MR) is 91.9 cm³/mol. The van der Waals surface area contributed by atoms with Crippen LogP contribution in [0, 0.1) is 6.92 Å². The molecular weight excluding hydrogens is 312 g/mol. The molecule has 3 rings (SSSR count). The first kappa shape index (κ1) is 15.9. The Balaban J connectivity index is 1.53. The smallest absolute Gasteiger partial charge is 0.239 e. The van der Waals surface area contributed by atoms with Crippen LogP contribution >= 0.6 is 11.3 Å². The van der Waals surface area contributed by atoms with Gasteiger partial charge in [0.1, 0.15) is 5.82 Å². The maximum absolute atomic E-state index is 12.2. The molecule has 23 heavy (non-hydrogen) atoms. The van der Waals surface area contributed by atoms with Gasteiger partial charge in [0.05, 0.1) is 12.2 Å². The van der Waals surface area contributed by atoms with Crippen molar-refractivity contribution in [3.63, 3.8) is 0 Å². The Hall–Kier alpha value is -1.93. The van der Waals surface area contributed by atoms with Crippen molar-refractivity contribution in [3.8, 4) is 0 Å². The largest absolute Gasteiger partial charge is 0.343 e. The number of nitrogens with zero attached hydrogens (tertiary/aromatic N) is 5. The molecule has 7 nitrogen and oxygen atoms in total. The number of anilines is 2. The van der Waals surface area contributed by atoms with Crippen LogP contribution in [0.1, 0.15) is 12.6 Å². The van der Waals surface area contributed by atoms with Crippen LogP contribution in [0.5, 0.6) is 0 Å². The number of hydrogen-bond acceptors (Lipinski definition) is 6. The van der Waals surface area contributed by atoms with Gasteiger partial charge in [-0.3, -0.25) is 14.4 Å². The zero-order valence-corrected chi connectivity index (χ0v) is 14.5. The monoisotopic (exact) mass is 334 g/mol. The molecule has 1 saturated heterocycles. The molecule has 2 aromatic heterocycles. The molecule has 0 unspecified atom stereocenters. The van der Waals surface area contributed by atoms with E-state index in [4.69, 9.17) is 0 Å². The molecule has 0 aromatic carbocycles. The Morgan fingerprint density at radius 1 is 1.48 bits per heavy atom. The van der Waals surface area contributed by atoms with Crippen LogP contribution in [0.4, 0.5) is 10.9 Å². The highest BCUT2D eigenvalue weighted by atomic mass is 32.1. The lowest BCUT2D eigenvalue weighted by Crippen LogP contribution is -2.53. The molecule has 124 valence electrons. The summed E-state index contributed by atoms with van der Waals surface area (Å²) in [5.74, 6) is 0.741. The fourth-order valence-electron chi connectivity index (χ4n) is 2.93. The van der Waals surface area contributed by atoms with Gasteiger partial charge in [0.15, 0.2) is 5.13 Å². The maximum Gasteiger partial charge on any atom is 0.239 e. The summed E-state index contributed by atoms with van der Waals surface area (Å²) in [5.41, 5.74) is 0.897. The Kier molecular flexibility index (Phi) is 4.63. The standard InChI is InChI=1S/C15H22N6OS/c1-11-8-13(19(3)18-11)17-14(22)10-20-5-6-21(12(2)9-20)15-16-4-7-23-15/h4,7-8,12H,5-6,9-10H2,1-3H3,(H,17,22)/t12-/m0/s1. The highest BCUT2D eigenvalue weighted by Gasteiger charge is 2.26. The molecule has 8 heteroatoms. The predicted octanol–water partition coefficient (Wildman–Crippen LogP) is 1.33. The summed E-state index contributed by atoms with van der Waals surface area (Å²) in [5, 5.41) is 10.2. The van der Waals surface area contributed by atoms with Gasteiger partial charge in [-0.2, -0.15) is 5.10 Å². The Labute approximate surface area is 139 Å². The molecule has 0 aliphatic carbocycles. The van der Waals surface area contributed by atoms with E-state index in [1.807, 2.05) is 31.6 Å². The average molecular weight is 334 g/mol. The van der Waals surface area contributed by atoms with Crippen molar-refractivity contribution >= 4 is 28.2 Å². The van der Waals surface area contributed by atoms with E-state index in [1.165, 1.54) is 0 Å². The normalized spacial score (nSPS) is 19.1. The number of carbonyl (C=O) groups is 1. The topological polar surface area (TPSA) is 66.3 Å². The number of aromatic nitrogens is 3. The summed E-state index contributed by atoms with van der Waals surface area (Å²) in [6.07, 6.45) is 1.84. The van der Waals surface area contributed by atoms with Crippen molar-refractivity contribution in [2.75, 3.05) is 36.4 Å². The van der Waals surface area contributed by atoms with E-state index >= 15 is 0 Å². The number of thiazole rings is 1. The molecular formula is C15H22N6OS. The Bertz CT molecular complexity index is 668. The van der Waals surface area contributed by atoms with Crippen molar-refractivity contribution in [3.05, 3.63) is 23.3 Å². The van der Waals surface area contributed by atoms with Gasteiger partial charge >= 0.3 is 0 Å². The number of nitrogens with one attached hydrogen (secondary N) is 1. The molecule has 1 aliphatic heterocycles. The van der Waals surface area contributed by atoms with Gasteiger partial charge in [-0.25, -0.2) is 4.98 Å². The third-order valence-corrected chi connectivity index (χ3v) is 4.82. The number of rotatable bonds is 4. The number of amides is 1. The quantitative estimate of drug-likeness (QED) is 0.914. The fraction of sp³-hybridized carbons (Fsp3) is 0.533. The van der Waals surface area contributed by atoms with E-state index in [2.05, 4.69) is 32.1 Å². The molecule has 1 N–H and O–H groups in total. The number of carbonyl (C=O) groups excluding carboxylic acids is 1. The van der Waals surface area contributed by atoms with Gasteiger partial charge in [0, 0.05) is 50.4 Å². The lowest BCUT2D eigenvalue weighted by atomic mass is 10.2. The second kappa shape index (κ2) is 6.67. The van der Waals surface area contributed by atoms with Gasteiger partial charge in [-0.15, -0.1) is 11.3 Å². The van der Waals surface area contributed by atoms with Crippen molar-refractivity contribution in [1.82, 2.24) is 19.7 Å². The van der Waals surface area contributed by atoms with Gasteiger partial charge in [-0.05, 0) is 13.8 Å². The van der Waals surface area contributed by atoms with Crippen LogP contribution in [0.2, 0.25) is 0 Å². The lowest BCUT2D eigenvalue weighted by molar-refractivity contribution is -0.117. The molecule has 1 aliphatic rings. The summed E-state index contributed by atoms with van der Waals surface area (Å²) in [6.45, 7) is 7.11. The van der Waals surface area contributed by atoms with Crippen molar-refractivity contribution in [2.45, 2.75) is 19.9 Å². The number of piperazine rings is 1. The first-order valence-corrected chi connectivity index (χ1v) is 8.60. The Morgan fingerprint density at radius 3 is 2.91 bits per heavy atom. The zero-order valence-electron chi connectivity index (χ0n) is 13.7. The molecule has 0 bridgehead atoms. The second-order valence-corrected chi connectivity index (χ2v) is 6.81. The van der Waals surface area contributed by atoms with Crippen LogP contribution in [0.3, 0.4) is 0 Å². The van der Waals surface area contributed by atoms with Crippen LogP contribution in [0.15, 0.2) is 17.6 Å². The average Bonchev–Trinajstić information content (AvgIpc) is 3.09. The van der Waals surface area contributed by atoms with E-state index in [9.17, 15) is 4.79 Å². The summed E-state index contributed by atoms with van der Waals surface area (Å²) in [6, 6.07) is 2.22. The molecule has 0 saturated carbocycles. The van der Waals surface area contributed by atoms with Crippen LogP contribution in [-0.4, -0.2) is 57.8 Å². The highest BCUT2D eigenvalue weighted by molar-refractivity contribution is 7.13. The molecule has 2 aromatic rings. The lowest BCUT2D eigenvalue weighted by Gasteiger charge is -2.39. The van der Waals surface area contributed by atoms with E-state index in [0.717, 1.165) is 36.3 Å². The number of aryl methyl sites for hydroxylation is 2. The Morgan fingerprint density at radius 2 is 2.30 bits per heavy atom. The minimum absolute atomic E-state index is 0.00268. The molecule has 1 atom stereocenters. The number of hydrogen-bond donors (Lipinski definition) is 1. The molecule has 1 fully saturated rings. The van der Waals surface area contributed by atoms with Gasteiger partial charge in [0.25, 0.3) is 0 Å². The van der Waals surface area contributed by atoms with E-state index in [1.54, 1.807) is 16.0 Å². The third kappa shape index (κ3) is 3.70. The van der Waals surface area contributed by atoms with Crippen LogP contribution in [0.25, 0.3) is 0 Å². The van der Waals surface area contributed by atoms with Crippen LogP contribution < -0.4 is 10.2 Å². The SMILES string of the molecule is Cc1cc(NC(=O)CN2CCN(c3nccs3)[C@@H](C)C2)n(C)n1. The highest BCUT2D eigenvalue weighted by Crippen LogP contribution is 2.22. The fourth-order valence-corrected chi connectivity index (χ4v) is 3.70. The van der Waals surface area contributed by atoms with E-state index < -0.39 is 0 Å². The second-order valence-electron chi connectivity index (χ2n) is 5.93. The van der Waals surface area contributed by atoms with E-state index in [-0.39, 0.29) is 5.91 Å². The van der Waals surface area contributed by atoms with Gasteiger partial charge < -0.3 is 10.2 Å². The first-order chi connectivity index (χ1) is 11.0. The molecule has 1 amide bonds. The summed E-state index contributed by atoms with van der Waals surface area (Å²) in [4.78, 5) is 21.1. The van der Waals surface area contributed by atoms with Crippen molar-refractivity contribution in [1.29, 1.82) is 0 Å². The molecule has 0 radical (unpaired) electrons. The van der Waals surface area contributed by atoms with Crippen molar-refractivity contribution < 1.29 is 4.79 Å².